The number of methoxy groups -OCH3 is 1. The van der Waals surface area contributed by atoms with Crippen LogP contribution in [0.2, 0.25) is 0 Å². The number of anilines is 2. The third kappa shape index (κ3) is 7.74. The van der Waals surface area contributed by atoms with Gasteiger partial charge in [0.05, 0.1) is 12.0 Å². The summed E-state index contributed by atoms with van der Waals surface area (Å²) in [7, 11) is 2.00. The van der Waals surface area contributed by atoms with Crippen LogP contribution in [-0.4, -0.2) is 82.9 Å². The van der Waals surface area contributed by atoms with E-state index in [0.29, 0.717) is 12.4 Å². The van der Waals surface area contributed by atoms with Crippen LogP contribution in [0, 0.1) is 26.7 Å². The Kier molecular flexibility index (Phi) is 11.1. The third-order valence-corrected chi connectivity index (χ3v) is 9.07. The molecule has 0 aliphatic carbocycles. The summed E-state index contributed by atoms with van der Waals surface area (Å²) in [5, 5.41) is 11.6. The second kappa shape index (κ2) is 14.0. The van der Waals surface area contributed by atoms with E-state index in [-0.39, 0.29) is 12.3 Å². The average molecular weight is 545 g/mol. The summed E-state index contributed by atoms with van der Waals surface area (Å²) >= 11 is 0. The molecule has 0 saturated carbocycles. The summed E-state index contributed by atoms with van der Waals surface area (Å²) in [5.41, 5.74) is 2.80. The number of rotatable bonds is 12. The highest BCUT2D eigenvalue weighted by molar-refractivity contribution is 7.82. The van der Waals surface area contributed by atoms with Crippen molar-refractivity contribution in [1.82, 2.24) is 19.4 Å². The van der Waals surface area contributed by atoms with Crippen molar-refractivity contribution in [2.45, 2.75) is 58.8 Å². The molecular weight excluding hydrogens is 500 g/mol. The van der Waals surface area contributed by atoms with Crippen LogP contribution in [0.25, 0.3) is 0 Å². The maximum atomic E-state index is 13.1. The highest BCUT2D eigenvalue weighted by Crippen LogP contribution is 2.27. The minimum atomic E-state index is -1.38. The number of benzene rings is 1. The van der Waals surface area contributed by atoms with Crippen LogP contribution < -0.4 is 15.0 Å². The maximum absolute atomic E-state index is 13.1. The lowest BCUT2D eigenvalue weighted by Gasteiger charge is -2.35. The molecule has 0 radical (unpaired) electrons. The van der Waals surface area contributed by atoms with E-state index in [1.165, 1.54) is 6.54 Å². The number of ether oxygens (including phenoxy) is 1. The number of amides is 1. The molecule has 1 aliphatic heterocycles. The minimum absolute atomic E-state index is 0.185. The fourth-order valence-electron chi connectivity index (χ4n) is 5.03. The number of piperidine rings is 1. The molecule has 1 fully saturated rings. The standard InChI is InChI=1S/C28H44N6O3S/c1-8-33(9-2)19-23-10-14-34(15-11-23)28-22(5)18-25(30-31-28)29-26(35)12-13-32(6)38(36)27-20(3)16-24(37-7)17-21(27)4/h16-18,23H,8-15,19H2,1-7H3,(H,29,30,35). The van der Waals surface area contributed by atoms with Crippen molar-refractivity contribution < 1.29 is 13.7 Å². The van der Waals surface area contributed by atoms with E-state index in [0.717, 1.165) is 78.1 Å². The molecule has 2 heterocycles. The lowest BCUT2D eigenvalue weighted by Crippen LogP contribution is -2.39. The summed E-state index contributed by atoms with van der Waals surface area (Å²) in [6.45, 7) is 16.0. The number of nitrogens with zero attached hydrogens (tertiary/aromatic N) is 5. The Labute approximate surface area is 230 Å². The van der Waals surface area contributed by atoms with Crippen molar-refractivity contribution in [3.05, 3.63) is 34.9 Å². The number of aryl methyl sites for hydroxylation is 3. The van der Waals surface area contributed by atoms with Crippen LogP contribution in [0.5, 0.6) is 5.75 Å². The van der Waals surface area contributed by atoms with E-state index in [2.05, 4.69) is 39.2 Å². The second-order valence-corrected chi connectivity index (χ2v) is 11.7. The lowest BCUT2D eigenvalue weighted by atomic mass is 9.96. The van der Waals surface area contributed by atoms with Crippen molar-refractivity contribution >= 4 is 28.5 Å². The normalized spacial score (nSPS) is 15.2. The first kappa shape index (κ1) is 30.0. The van der Waals surface area contributed by atoms with E-state index in [1.54, 1.807) is 18.5 Å². The van der Waals surface area contributed by atoms with Gasteiger partial charge in [-0.1, -0.05) is 13.8 Å². The van der Waals surface area contributed by atoms with Crippen molar-refractivity contribution in [2.75, 3.05) is 63.6 Å². The van der Waals surface area contributed by atoms with Crippen LogP contribution >= 0.6 is 0 Å². The monoisotopic (exact) mass is 544 g/mol. The van der Waals surface area contributed by atoms with E-state index >= 15 is 0 Å². The number of carbonyl (C=O) groups excluding carboxylic acids is 1. The molecule has 9 nitrogen and oxygen atoms in total. The molecule has 1 amide bonds. The summed E-state index contributed by atoms with van der Waals surface area (Å²) in [6.07, 6.45) is 2.50. The molecule has 3 rings (SSSR count). The Bertz CT molecular complexity index is 1090. The largest absolute Gasteiger partial charge is 0.497 e. The smallest absolute Gasteiger partial charge is 0.226 e. The molecule has 1 aromatic carbocycles. The van der Waals surface area contributed by atoms with Crippen LogP contribution in [0.4, 0.5) is 11.6 Å². The molecule has 1 N–H and O–H groups in total. The van der Waals surface area contributed by atoms with Crippen LogP contribution in [-0.2, 0) is 15.8 Å². The quantitative estimate of drug-likeness (QED) is 0.433. The Balaban J connectivity index is 1.51. The second-order valence-electron chi connectivity index (χ2n) is 10.1. The zero-order valence-electron chi connectivity index (χ0n) is 24.0. The first-order valence-electron chi connectivity index (χ1n) is 13.6. The van der Waals surface area contributed by atoms with Gasteiger partial charge in [-0.3, -0.25) is 4.79 Å². The Hall–Kier alpha value is -2.56. The summed E-state index contributed by atoms with van der Waals surface area (Å²) < 4.78 is 20.1. The summed E-state index contributed by atoms with van der Waals surface area (Å²) in [4.78, 5) is 18.2. The molecule has 10 heteroatoms. The first-order chi connectivity index (χ1) is 18.2. The van der Waals surface area contributed by atoms with Crippen molar-refractivity contribution in [2.24, 2.45) is 5.92 Å². The number of nitrogens with one attached hydrogen (secondary N) is 1. The number of hydrogen-bond donors (Lipinski definition) is 1. The van der Waals surface area contributed by atoms with Crippen molar-refractivity contribution in [3.63, 3.8) is 0 Å². The highest BCUT2D eigenvalue weighted by Gasteiger charge is 2.23. The molecule has 1 atom stereocenters. The van der Waals surface area contributed by atoms with Crippen LogP contribution in [0.15, 0.2) is 23.1 Å². The van der Waals surface area contributed by atoms with Gasteiger partial charge in [-0.2, -0.15) is 0 Å². The molecule has 38 heavy (non-hydrogen) atoms. The summed E-state index contributed by atoms with van der Waals surface area (Å²) in [6, 6.07) is 5.63. The van der Waals surface area contributed by atoms with E-state index in [4.69, 9.17) is 4.74 Å². The third-order valence-electron chi connectivity index (χ3n) is 7.33. The van der Waals surface area contributed by atoms with Gasteiger partial charge in [0.1, 0.15) is 16.7 Å². The predicted octanol–water partition coefficient (Wildman–Crippen LogP) is 3.95. The number of hydrogen-bond acceptors (Lipinski definition) is 7. The van der Waals surface area contributed by atoms with Crippen LogP contribution in [0.3, 0.4) is 0 Å². The van der Waals surface area contributed by atoms with Gasteiger partial charge in [0.15, 0.2) is 11.6 Å². The molecule has 2 aromatic rings. The van der Waals surface area contributed by atoms with Gasteiger partial charge in [0.25, 0.3) is 0 Å². The Morgan fingerprint density at radius 1 is 1.08 bits per heavy atom. The highest BCUT2D eigenvalue weighted by atomic mass is 32.2. The minimum Gasteiger partial charge on any atom is -0.497 e. The topological polar surface area (TPSA) is 90.9 Å². The molecule has 0 bridgehead atoms. The molecule has 1 aromatic heterocycles. The summed E-state index contributed by atoms with van der Waals surface area (Å²) in [5.74, 6) is 2.62. The molecule has 1 saturated heterocycles. The van der Waals surface area contributed by atoms with Gasteiger partial charge in [0.2, 0.25) is 5.91 Å². The maximum Gasteiger partial charge on any atom is 0.226 e. The number of aromatic nitrogens is 2. The molecule has 1 unspecified atom stereocenters. The average Bonchev–Trinajstić information content (AvgIpc) is 2.90. The number of carbonyl (C=O) groups is 1. The van der Waals surface area contributed by atoms with Gasteiger partial charge in [-0.25, -0.2) is 8.51 Å². The lowest BCUT2D eigenvalue weighted by molar-refractivity contribution is -0.116. The Morgan fingerprint density at radius 3 is 2.26 bits per heavy atom. The molecule has 0 spiro atoms. The van der Waals surface area contributed by atoms with Gasteiger partial charge in [0, 0.05) is 39.6 Å². The first-order valence-corrected chi connectivity index (χ1v) is 14.7. The predicted molar refractivity (Wildman–Crippen MR) is 154 cm³/mol. The van der Waals surface area contributed by atoms with Crippen molar-refractivity contribution in [3.8, 4) is 5.75 Å². The zero-order valence-corrected chi connectivity index (χ0v) is 24.9. The van der Waals surface area contributed by atoms with Gasteiger partial charge >= 0.3 is 0 Å². The van der Waals surface area contributed by atoms with Gasteiger partial charge in [-0.15, -0.1) is 10.2 Å². The van der Waals surface area contributed by atoms with E-state index < -0.39 is 11.0 Å². The molecular formula is C28H44N6O3S. The fraction of sp³-hybridized carbons (Fsp3) is 0.607. The van der Waals surface area contributed by atoms with E-state index in [9.17, 15) is 9.00 Å². The Morgan fingerprint density at radius 2 is 1.71 bits per heavy atom. The van der Waals surface area contributed by atoms with Crippen molar-refractivity contribution in [1.29, 1.82) is 0 Å². The molecule has 210 valence electrons. The molecule has 1 aliphatic rings. The van der Waals surface area contributed by atoms with E-state index in [1.807, 2.05) is 39.0 Å². The van der Waals surface area contributed by atoms with Gasteiger partial charge in [-0.05, 0) is 87.5 Å². The van der Waals surface area contributed by atoms with Crippen LogP contribution in [0.1, 0.15) is 49.8 Å². The SMILES string of the molecule is CCN(CC)CC1CCN(c2nnc(NC(=O)CCN(C)S(=O)c3c(C)cc(OC)cc3C)cc2C)CC1. The zero-order chi connectivity index (χ0) is 27.8. The van der Waals surface area contributed by atoms with Gasteiger partial charge < -0.3 is 19.9 Å². The fourth-order valence-corrected chi connectivity index (χ4v) is 6.27.